The topological polar surface area (TPSA) is 75.7 Å². The molecule has 2 aromatic rings. The first-order chi connectivity index (χ1) is 13.1. The predicted molar refractivity (Wildman–Crippen MR) is 98.4 cm³/mol. The predicted octanol–water partition coefficient (Wildman–Crippen LogP) is 2.39. The number of ether oxygens (including phenoxy) is 1. The molecule has 6 nitrogen and oxygen atoms in total. The number of carbonyl (C=O) groups excluding carboxylic acids is 3. The van der Waals surface area contributed by atoms with E-state index in [-0.39, 0.29) is 35.9 Å². The Balaban J connectivity index is 1.49. The number of nitrogens with zero attached hydrogens (tertiary/aromatic N) is 1. The molecule has 0 radical (unpaired) electrons. The Morgan fingerprint density at radius 2 is 1.85 bits per heavy atom. The number of hydrogen-bond acceptors (Lipinski definition) is 4. The molecule has 138 valence electrons. The van der Waals surface area contributed by atoms with E-state index in [1.165, 1.54) is 11.0 Å². The maximum Gasteiger partial charge on any atom is 0.261 e. The second-order valence-corrected chi connectivity index (χ2v) is 6.79. The zero-order valence-corrected chi connectivity index (χ0v) is 14.8. The molecule has 3 amide bonds. The maximum atomic E-state index is 12.7. The van der Waals surface area contributed by atoms with Crippen molar-refractivity contribution in [1.29, 1.82) is 0 Å². The summed E-state index contributed by atoms with van der Waals surface area (Å²) in [5.41, 5.74) is 1.86. The van der Waals surface area contributed by atoms with Gasteiger partial charge in [-0.2, -0.15) is 0 Å². The van der Waals surface area contributed by atoms with Crippen molar-refractivity contribution < 1.29 is 19.1 Å². The molecule has 1 fully saturated rings. The summed E-state index contributed by atoms with van der Waals surface area (Å²) in [6.45, 7) is 1.39. The van der Waals surface area contributed by atoms with Gasteiger partial charge in [0.05, 0.1) is 23.8 Å². The molecular weight excluding hydrogens is 344 g/mol. The van der Waals surface area contributed by atoms with Crippen molar-refractivity contribution in [3.05, 3.63) is 70.8 Å². The number of rotatable bonds is 5. The van der Waals surface area contributed by atoms with E-state index in [0.29, 0.717) is 17.7 Å². The summed E-state index contributed by atoms with van der Waals surface area (Å²) >= 11 is 0. The van der Waals surface area contributed by atoms with Crippen molar-refractivity contribution in [3.63, 3.8) is 0 Å². The van der Waals surface area contributed by atoms with Crippen LogP contribution in [-0.2, 0) is 11.3 Å². The van der Waals surface area contributed by atoms with E-state index in [4.69, 9.17) is 4.74 Å². The van der Waals surface area contributed by atoms with Crippen LogP contribution in [0.25, 0.3) is 0 Å². The highest BCUT2D eigenvalue weighted by molar-refractivity contribution is 6.22. The van der Waals surface area contributed by atoms with Gasteiger partial charge >= 0.3 is 0 Å². The van der Waals surface area contributed by atoms with Gasteiger partial charge in [0, 0.05) is 18.7 Å². The van der Waals surface area contributed by atoms with Gasteiger partial charge in [0.15, 0.2) is 0 Å². The minimum absolute atomic E-state index is 0.0490. The Bertz CT molecular complexity index is 888. The quantitative estimate of drug-likeness (QED) is 0.827. The van der Waals surface area contributed by atoms with Crippen LogP contribution >= 0.6 is 0 Å². The zero-order valence-electron chi connectivity index (χ0n) is 14.8. The third-order valence-electron chi connectivity index (χ3n) is 4.93. The van der Waals surface area contributed by atoms with Gasteiger partial charge in [0.1, 0.15) is 0 Å². The van der Waals surface area contributed by atoms with Crippen LogP contribution in [0, 0.1) is 0 Å². The summed E-state index contributed by atoms with van der Waals surface area (Å²) in [5.74, 6) is -0.965. The normalized spacial score (nSPS) is 18.7. The number of fused-ring (bicyclic) bond motifs is 1. The number of benzene rings is 2. The SMILES string of the molecule is O=C(NC[C@@H]1CCCO1)c1ccc2c(c1)C(=O)N(Cc1ccccc1)C2=O. The molecule has 2 heterocycles. The van der Waals surface area contributed by atoms with Crippen LogP contribution < -0.4 is 5.32 Å². The molecule has 1 N–H and O–H groups in total. The van der Waals surface area contributed by atoms with Crippen LogP contribution in [0.3, 0.4) is 0 Å². The summed E-state index contributed by atoms with van der Waals surface area (Å²) < 4.78 is 5.49. The number of hydrogen-bond donors (Lipinski definition) is 1. The number of imide groups is 1. The molecule has 1 saturated heterocycles. The first kappa shape index (κ1) is 17.4. The molecule has 0 aromatic heterocycles. The Hall–Kier alpha value is -2.99. The van der Waals surface area contributed by atoms with Gasteiger partial charge in [0.25, 0.3) is 17.7 Å². The lowest BCUT2D eigenvalue weighted by molar-refractivity contribution is 0.0642. The molecule has 0 saturated carbocycles. The number of carbonyl (C=O) groups is 3. The van der Waals surface area contributed by atoms with Crippen molar-refractivity contribution in [3.8, 4) is 0 Å². The van der Waals surface area contributed by atoms with Crippen LogP contribution in [0.5, 0.6) is 0 Å². The highest BCUT2D eigenvalue weighted by atomic mass is 16.5. The monoisotopic (exact) mass is 364 g/mol. The molecular formula is C21H20N2O4. The molecule has 4 rings (SSSR count). The van der Waals surface area contributed by atoms with Gasteiger partial charge in [-0.3, -0.25) is 19.3 Å². The average Bonchev–Trinajstić information content (AvgIpc) is 3.30. The minimum Gasteiger partial charge on any atom is -0.376 e. The van der Waals surface area contributed by atoms with Crippen LogP contribution in [-0.4, -0.2) is 41.9 Å². The molecule has 6 heteroatoms. The lowest BCUT2D eigenvalue weighted by atomic mass is 10.1. The third kappa shape index (κ3) is 3.48. The Morgan fingerprint density at radius 3 is 2.59 bits per heavy atom. The van der Waals surface area contributed by atoms with Crippen LogP contribution in [0.1, 0.15) is 49.5 Å². The van der Waals surface area contributed by atoms with Gasteiger partial charge in [-0.05, 0) is 36.6 Å². The fraction of sp³-hybridized carbons (Fsp3) is 0.286. The van der Waals surface area contributed by atoms with E-state index in [1.54, 1.807) is 12.1 Å². The first-order valence-electron chi connectivity index (χ1n) is 9.07. The molecule has 1 atom stereocenters. The number of nitrogens with one attached hydrogen (secondary N) is 1. The van der Waals surface area contributed by atoms with Crippen molar-refractivity contribution in [2.24, 2.45) is 0 Å². The van der Waals surface area contributed by atoms with Crippen LogP contribution in [0.2, 0.25) is 0 Å². The molecule has 2 aliphatic heterocycles. The van der Waals surface area contributed by atoms with Gasteiger partial charge in [-0.1, -0.05) is 30.3 Å². The van der Waals surface area contributed by atoms with Gasteiger partial charge in [-0.15, -0.1) is 0 Å². The number of amides is 3. The Labute approximate surface area is 157 Å². The second kappa shape index (κ2) is 7.32. The molecule has 0 bridgehead atoms. The van der Waals surface area contributed by atoms with Crippen molar-refractivity contribution in [2.75, 3.05) is 13.2 Å². The first-order valence-corrected chi connectivity index (χ1v) is 9.07. The summed E-state index contributed by atoms with van der Waals surface area (Å²) in [6, 6.07) is 14.0. The van der Waals surface area contributed by atoms with E-state index in [2.05, 4.69) is 5.32 Å². The lowest BCUT2D eigenvalue weighted by Crippen LogP contribution is -2.31. The largest absolute Gasteiger partial charge is 0.376 e. The molecule has 0 spiro atoms. The molecule has 0 unspecified atom stereocenters. The standard InChI is InChI=1S/C21H20N2O4/c24-19(22-12-16-7-4-10-27-16)15-8-9-17-18(11-15)21(26)23(20(17)25)13-14-5-2-1-3-6-14/h1-3,5-6,8-9,11,16H,4,7,10,12-13H2,(H,22,24)/t16-/m0/s1. The molecule has 2 aromatic carbocycles. The van der Waals surface area contributed by atoms with E-state index < -0.39 is 0 Å². The van der Waals surface area contributed by atoms with Crippen LogP contribution in [0.15, 0.2) is 48.5 Å². The molecule has 0 aliphatic carbocycles. The van der Waals surface area contributed by atoms with E-state index >= 15 is 0 Å². The van der Waals surface area contributed by atoms with Gasteiger partial charge in [0.2, 0.25) is 0 Å². The highest BCUT2D eigenvalue weighted by Crippen LogP contribution is 2.25. The molecule has 2 aliphatic rings. The third-order valence-corrected chi connectivity index (χ3v) is 4.93. The zero-order chi connectivity index (χ0) is 18.8. The summed E-state index contributed by atoms with van der Waals surface area (Å²) in [6.07, 6.45) is 1.99. The summed E-state index contributed by atoms with van der Waals surface area (Å²) in [5, 5.41) is 2.84. The van der Waals surface area contributed by atoms with E-state index in [1.807, 2.05) is 30.3 Å². The Morgan fingerprint density at radius 1 is 1.07 bits per heavy atom. The average molecular weight is 364 g/mol. The lowest BCUT2D eigenvalue weighted by Gasteiger charge is -2.13. The van der Waals surface area contributed by atoms with Crippen molar-refractivity contribution in [2.45, 2.75) is 25.5 Å². The smallest absolute Gasteiger partial charge is 0.261 e. The fourth-order valence-corrected chi connectivity index (χ4v) is 3.46. The van der Waals surface area contributed by atoms with Gasteiger partial charge in [-0.25, -0.2) is 0 Å². The van der Waals surface area contributed by atoms with E-state index in [9.17, 15) is 14.4 Å². The minimum atomic E-state index is -0.368. The summed E-state index contributed by atoms with van der Waals surface area (Å²) in [4.78, 5) is 38.9. The van der Waals surface area contributed by atoms with E-state index in [0.717, 1.165) is 25.0 Å². The fourth-order valence-electron chi connectivity index (χ4n) is 3.46. The second-order valence-electron chi connectivity index (χ2n) is 6.79. The highest BCUT2D eigenvalue weighted by Gasteiger charge is 2.36. The Kier molecular flexibility index (Phi) is 4.73. The summed E-state index contributed by atoms with van der Waals surface area (Å²) in [7, 11) is 0. The van der Waals surface area contributed by atoms with Crippen LogP contribution in [0.4, 0.5) is 0 Å². The van der Waals surface area contributed by atoms with Crippen molar-refractivity contribution >= 4 is 17.7 Å². The van der Waals surface area contributed by atoms with Gasteiger partial charge < -0.3 is 10.1 Å². The molecule has 27 heavy (non-hydrogen) atoms. The maximum absolute atomic E-state index is 12.7. The van der Waals surface area contributed by atoms with Crippen molar-refractivity contribution in [1.82, 2.24) is 10.2 Å².